The molecule has 5 heteroatoms. The number of amides is 2. The number of aryl methyl sites for hydroxylation is 1. The van der Waals surface area contributed by atoms with E-state index in [0.717, 1.165) is 33.3 Å². The van der Waals surface area contributed by atoms with Crippen LogP contribution in [0.2, 0.25) is 0 Å². The van der Waals surface area contributed by atoms with Gasteiger partial charge in [-0.1, -0.05) is 48.0 Å². The molecule has 2 amide bonds. The Morgan fingerprint density at radius 3 is 2.48 bits per heavy atom. The average Bonchev–Trinajstić information content (AvgIpc) is 3.15. The highest BCUT2D eigenvalue weighted by atomic mass is 19.1. The van der Waals surface area contributed by atoms with Crippen LogP contribution in [-0.2, 0) is 0 Å². The standard InChI is InChI=1S/C24H22FN3O/c1-16-6-12-19(13-7-16)28-24(29)27-14-21(17-8-10-18(25)11-9-17)22-15-26-23-5-3-2-4-20(22)23/h2-13,15,21,26H,14H2,1H3,(H2,27,28,29). The topological polar surface area (TPSA) is 56.9 Å². The molecule has 29 heavy (non-hydrogen) atoms. The van der Waals surface area contributed by atoms with Gasteiger partial charge in [-0.25, -0.2) is 9.18 Å². The number of rotatable bonds is 5. The first-order chi connectivity index (χ1) is 14.1. The number of benzene rings is 3. The van der Waals surface area contributed by atoms with Gasteiger partial charge in [0.2, 0.25) is 0 Å². The van der Waals surface area contributed by atoms with Crippen LogP contribution in [0.4, 0.5) is 14.9 Å². The fourth-order valence-corrected chi connectivity index (χ4v) is 3.49. The third kappa shape index (κ3) is 4.29. The maximum Gasteiger partial charge on any atom is 0.319 e. The predicted octanol–water partition coefficient (Wildman–Crippen LogP) is 5.57. The molecule has 0 radical (unpaired) electrons. The summed E-state index contributed by atoms with van der Waals surface area (Å²) in [5, 5.41) is 6.89. The molecule has 4 nitrogen and oxygen atoms in total. The monoisotopic (exact) mass is 387 g/mol. The molecule has 0 aliphatic rings. The van der Waals surface area contributed by atoms with Gasteiger partial charge in [0.15, 0.2) is 0 Å². The van der Waals surface area contributed by atoms with Crippen molar-refractivity contribution in [1.82, 2.24) is 10.3 Å². The lowest BCUT2D eigenvalue weighted by Gasteiger charge is -2.18. The van der Waals surface area contributed by atoms with Crippen molar-refractivity contribution < 1.29 is 9.18 Å². The van der Waals surface area contributed by atoms with E-state index in [1.807, 2.05) is 61.7 Å². The largest absolute Gasteiger partial charge is 0.361 e. The zero-order valence-electron chi connectivity index (χ0n) is 16.1. The zero-order chi connectivity index (χ0) is 20.2. The quantitative estimate of drug-likeness (QED) is 0.412. The minimum absolute atomic E-state index is 0.115. The highest BCUT2D eigenvalue weighted by Crippen LogP contribution is 2.30. The van der Waals surface area contributed by atoms with Gasteiger partial charge in [0, 0.05) is 35.2 Å². The summed E-state index contributed by atoms with van der Waals surface area (Å²) in [5.74, 6) is -0.396. The van der Waals surface area contributed by atoms with E-state index in [0.29, 0.717) is 6.54 Å². The Morgan fingerprint density at radius 2 is 1.72 bits per heavy atom. The van der Waals surface area contributed by atoms with Gasteiger partial charge in [-0.3, -0.25) is 0 Å². The van der Waals surface area contributed by atoms with Gasteiger partial charge in [0.25, 0.3) is 0 Å². The molecule has 0 aliphatic carbocycles. The van der Waals surface area contributed by atoms with Crippen molar-refractivity contribution >= 4 is 22.6 Å². The van der Waals surface area contributed by atoms with Crippen molar-refractivity contribution in [2.24, 2.45) is 0 Å². The van der Waals surface area contributed by atoms with E-state index in [1.165, 1.54) is 12.1 Å². The number of H-pyrrole nitrogens is 1. The second kappa shape index (κ2) is 8.19. The molecule has 0 aliphatic heterocycles. The number of fused-ring (bicyclic) bond motifs is 1. The van der Waals surface area contributed by atoms with Gasteiger partial charge in [0.05, 0.1) is 0 Å². The Morgan fingerprint density at radius 1 is 1.00 bits per heavy atom. The SMILES string of the molecule is Cc1ccc(NC(=O)NCC(c2ccc(F)cc2)c2c[nH]c3ccccc23)cc1. The second-order valence-electron chi connectivity index (χ2n) is 7.09. The molecule has 3 N–H and O–H groups in total. The first-order valence-corrected chi connectivity index (χ1v) is 9.53. The van der Waals surface area contributed by atoms with E-state index in [4.69, 9.17) is 0 Å². The third-order valence-corrected chi connectivity index (χ3v) is 5.05. The minimum Gasteiger partial charge on any atom is -0.361 e. The number of anilines is 1. The fraction of sp³-hybridized carbons (Fsp3) is 0.125. The van der Waals surface area contributed by atoms with Crippen LogP contribution in [0, 0.1) is 12.7 Å². The Balaban J connectivity index is 1.56. The smallest absolute Gasteiger partial charge is 0.319 e. The van der Waals surface area contributed by atoms with Gasteiger partial charge < -0.3 is 15.6 Å². The maximum absolute atomic E-state index is 13.4. The third-order valence-electron chi connectivity index (χ3n) is 5.05. The minimum atomic E-state index is -0.281. The van der Waals surface area contributed by atoms with Crippen LogP contribution in [0.5, 0.6) is 0 Å². The number of carbonyl (C=O) groups excluding carboxylic acids is 1. The van der Waals surface area contributed by atoms with Crippen LogP contribution in [0.1, 0.15) is 22.6 Å². The summed E-state index contributed by atoms with van der Waals surface area (Å²) in [6.07, 6.45) is 1.96. The summed E-state index contributed by atoms with van der Waals surface area (Å²) < 4.78 is 13.4. The first kappa shape index (κ1) is 18.7. The summed E-state index contributed by atoms with van der Waals surface area (Å²) in [4.78, 5) is 15.7. The van der Waals surface area contributed by atoms with E-state index in [-0.39, 0.29) is 17.8 Å². The number of halogens is 1. The van der Waals surface area contributed by atoms with Crippen LogP contribution < -0.4 is 10.6 Å². The number of para-hydroxylation sites is 1. The molecule has 0 saturated heterocycles. The molecule has 146 valence electrons. The van der Waals surface area contributed by atoms with E-state index in [1.54, 1.807) is 12.1 Å². The molecule has 1 unspecified atom stereocenters. The molecule has 0 fully saturated rings. The van der Waals surface area contributed by atoms with Crippen LogP contribution >= 0.6 is 0 Å². The first-order valence-electron chi connectivity index (χ1n) is 9.53. The number of hydrogen-bond acceptors (Lipinski definition) is 1. The van der Waals surface area contributed by atoms with E-state index < -0.39 is 0 Å². The lowest BCUT2D eigenvalue weighted by molar-refractivity contribution is 0.252. The summed E-state index contributed by atoms with van der Waals surface area (Å²) in [7, 11) is 0. The summed E-state index contributed by atoms with van der Waals surface area (Å²) in [6, 6.07) is 21.8. The Labute approximate surface area is 168 Å². The van der Waals surface area contributed by atoms with E-state index >= 15 is 0 Å². The molecule has 4 rings (SSSR count). The number of aromatic nitrogens is 1. The van der Waals surface area contributed by atoms with Crippen molar-refractivity contribution in [3.63, 3.8) is 0 Å². The van der Waals surface area contributed by atoms with Crippen LogP contribution in [0.15, 0.2) is 79.0 Å². The molecule has 3 aromatic carbocycles. The number of carbonyl (C=O) groups is 1. The lowest BCUT2D eigenvalue weighted by Crippen LogP contribution is -2.32. The summed E-state index contributed by atoms with van der Waals surface area (Å²) in [5.41, 5.74) is 4.89. The van der Waals surface area contributed by atoms with Gasteiger partial charge in [0.1, 0.15) is 5.82 Å². The van der Waals surface area contributed by atoms with Crippen molar-refractivity contribution in [3.8, 4) is 0 Å². The average molecular weight is 387 g/mol. The molecule has 0 saturated carbocycles. The number of aromatic amines is 1. The highest BCUT2D eigenvalue weighted by Gasteiger charge is 2.19. The summed E-state index contributed by atoms with van der Waals surface area (Å²) in [6.45, 7) is 2.38. The molecular formula is C24H22FN3O. The molecular weight excluding hydrogens is 365 g/mol. The maximum atomic E-state index is 13.4. The second-order valence-corrected chi connectivity index (χ2v) is 7.09. The highest BCUT2D eigenvalue weighted by molar-refractivity contribution is 5.89. The Kier molecular flexibility index (Phi) is 5.29. The van der Waals surface area contributed by atoms with E-state index in [2.05, 4.69) is 15.6 Å². The van der Waals surface area contributed by atoms with Crippen molar-refractivity contribution in [2.75, 3.05) is 11.9 Å². The van der Waals surface area contributed by atoms with E-state index in [9.17, 15) is 9.18 Å². The summed E-state index contributed by atoms with van der Waals surface area (Å²) >= 11 is 0. The molecule has 0 spiro atoms. The lowest BCUT2D eigenvalue weighted by atomic mass is 9.91. The zero-order valence-corrected chi connectivity index (χ0v) is 16.1. The molecule has 1 heterocycles. The van der Waals surface area contributed by atoms with Gasteiger partial charge >= 0.3 is 6.03 Å². The van der Waals surface area contributed by atoms with Gasteiger partial charge in [-0.2, -0.15) is 0 Å². The molecule has 4 aromatic rings. The number of urea groups is 1. The van der Waals surface area contributed by atoms with Crippen LogP contribution in [0.25, 0.3) is 10.9 Å². The molecule has 1 atom stereocenters. The van der Waals surface area contributed by atoms with Crippen molar-refractivity contribution in [1.29, 1.82) is 0 Å². The van der Waals surface area contributed by atoms with Gasteiger partial charge in [-0.05, 0) is 48.4 Å². The van der Waals surface area contributed by atoms with Gasteiger partial charge in [-0.15, -0.1) is 0 Å². The normalized spacial score (nSPS) is 11.9. The van der Waals surface area contributed by atoms with Crippen molar-refractivity contribution in [3.05, 3.63) is 102 Å². The Bertz CT molecular complexity index is 1120. The number of hydrogen-bond donors (Lipinski definition) is 3. The molecule has 1 aromatic heterocycles. The van der Waals surface area contributed by atoms with Crippen molar-refractivity contribution in [2.45, 2.75) is 12.8 Å². The number of nitrogens with one attached hydrogen (secondary N) is 3. The predicted molar refractivity (Wildman–Crippen MR) is 115 cm³/mol. The van der Waals surface area contributed by atoms with Crippen LogP contribution in [-0.4, -0.2) is 17.6 Å². The fourth-order valence-electron chi connectivity index (χ4n) is 3.49. The molecule has 0 bridgehead atoms. The van der Waals surface area contributed by atoms with Crippen LogP contribution in [0.3, 0.4) is 0 Å². The Hall–Kier alpha value is -3.60.